The van der Waals surface area contributed by atoms with Crippen LogP contribution in [-0.2, 0) is 11.3 Å². The van der Waals surface area contributed by atoms with E-state index in [0.29, 0.717) is 25.0 Å². The fraction of sp³-hybridized carbons (Fsp3) is 0.500. The Hall–Kier alpha value is -1.68. The molecule has 4 nitrogen and oxygen atoms in total. The van der Waals surface area contributed by atoms with Gasteiger partial charge < -0.3 is 4.90 Å². The highest BCUT2D eigenvalue weighted by Gasteiger charge is 2.42. The summed E-state index contributed by atoms with van der Waals surface area (Å²) in [6.07, 6.45) is 6.38. The Morgan fingerprint density at radius 1 is 1.35 bits per heavy atom. The summed E-state index contributed by atoms with van der Waals surface area (Å²) in [6.45, 7) is 6.39. The standard InChI is InChI=1S/C16H21N3O/c1-2-10-19-15-8-11-18(14(15)6-7-16(19)20)12-13-5-3-4-9-17-13/h2-5,9,14-15H,1,6-8,10-12H2. The molecular formula is C16H21N3O. The number of hydrogen-bond acceptors (Lipinski definition) is 3. The van der Waals surface area contributed by atoms with Gasteiger partial charge in [-0.2, -0.15) is 0 Å². The number of amides is 1. The van der Waals surface area contributed by atoms with Gasteiger partial charge in [-0.25, -0.2) is 0 Å². The second-order valence-corrected chi connectivity index (χ2v) is 5.59. The van der Waals surface area contributed by atoms with E-state index in [1.165, 1.54) is 0 Å². The SMILES string of the molecule is C=CCN1C(=O)CCC2C1CCN2Cc1ccccn1. The Bertz CT molecular complexity index is 488. The van der Waals surface area contributed by atoms with Gasteiger partial charge in [-0.05, 0) is 25.0 Å². The zero-order chi connectivity index (χ0) is 13.9. The molecule has 0 aromatic carbocycles. The average molecular weight is 271 g/mol. The molecule has 1 aromatic heterocycles. The monoisotopic (exact) mass is 271 g/mol. The molecule has 0 N–H and O–H groups in total. The maximum absolute atomic E-state index is 12.0. The van der Waals surface area contributed by atoms with Gasteiger partial charge in [0.2, 0.25) is 5.91 Å². The molecule has 0 aliphatic carbocycles. The van der Waals surface area contributed by atoms with Crippen LogP contribution < -0.4 is 0 Å². The van der Waals surface area contributed by atoms with Gasteiger partial charge >= 0.3 is 0 Å². The minimum atomic E-state index is 0.283. The van der Waals surface area contributed by atoms with Gasteiger partial charge in [-0.15, -0.1) is 6.58 Å². The normalized spacial score (nSPS) is 26.6. The molecule has 3 rings (SSSR count). The van der Waals surface area contributed by atoms with Gasteiger partial charge in [-0.1, -0.05) is 12.1 Å². The first-order valence-electron chi connectivity index (χ1n) is 7.34. The van der Waals surface area contributed by atoms with Crippen molar-refractivity contribution in [1.29, 1.82) is 0 Å². The summed E-state index contributed by atoms with van der Waals surface area (Å²) in [4.78, 5) is 20.9. The van der Waals surface area contributed by atoms with Gasteiger partial charge in [0.25, 0.3) is 0 Å². The summed E-state index contributed by atoms with van der Waals surface area (Å²) in [5.74, 6) is 0.283. The number of hydrogen-bond donors (Lipinski definition) is 0. The minimum absolute atomic E-state index is 0.283. The number of fused-ring (bicyclic) bond motifs is 1. The third-order valence-electron chi connectivity index (χ3n) is 4.42. The van der Waals surface area contributed by atoms with E-state index in [1.807, 2.05) is 29.3 Å². The van der Waals surface area contributed by atoms with Crippen LogP contribution in [0, 0.1) is 0 Å². The van der Waals surface area contributed by atoms with Crippen molar-refractivity contribution in [1.82, 2.24) is 14.8 Å². The lowest BCUT2D eigenvalue weighted by molar-refractivity contribution is -0.136. The second kappa shape index (κ2) is 5.75. The zero-order valence-corrected chi connectivity index (χ0v) is 11.7. The van der Waals surface area contributed by atoms with E-state index in [4.69, 9.17) is 0 Å². The highest BCUT2D eigenvalue weighted by Crippen LogP contribution is 2.32. The van der Waals surface area contributed by atoms with E-state index >= 15 is 0 Å². The molecule has 1 aromatic rings. The number of carbonyl (C=O) groups excluding carboxylic acids is 1. The fourth-order valence-corrected chi connectivity index (χ4v) is 3.51. The quantitative estimate of drug-likeness (QED) is 0.784. The lowest BCUT2D eigenvalue weighted by Crippen LogP contribution is -2.52. The van der Waals surface area contributed by atoms with Gasteiger partial charge in [0.05, 0.1) is 5.69 Å². The zero-order valence-electron chi connectivity index (χ0n) is 11.7. The van der Waals surface area contributed by atoms with Crippen LogP contribution in [0.4, 0.5) is 0 Å². The molecule has 4 heteroatoms. The van der Waals surface area contributed by atoms with Crippen LogP contribution in [0.15, 0.2) is 37.1 Å². The van der Waals surface area contributed by atoms with E-state index in [1.54, 1.807) is 0 Å². The predicted octanol–water partition coefficient (Wildman–Crippen LogP) is 1.83. The molecule has 2 fully saturated rings. The van der Waals surface area contributed by atoms with Crippen LogP contribution in [0.25, 0.3) is 0 Å². The number of likely N-dealkylation sites (tertiary alicyclic amines) is 2. The second-order valence-electron chi connectivity index (χ2n) is 5.59. The maximum Gasteiger partial charge on any atom is 0.223 e. The van der Waals surface area contributed by atoms with Crippen LogP contribution in [0.1, 0.15) is 25.0 Å². The van der Waals surface area contributed by atoms with Gasteiger partial charge in [0.15, 0.2) is 0 Å². The number of piperidine rings is 1. The van der Waals surface area contributed by atoms with Crippen LogP contribution in [0.2, 0.25) is 0 Å². The number of nitrogens with zero attached hydrogens (tertiary/aromatic N) is 3. The van der Waals surface area contributed by atoms with Crippen molar-refractivity contribution in [2.24, 2.45) is 0 Å². The Morgan fingerprint density at radius 2 is 2.25 bits per heavy atom. The van der Waals surface area contributed by atoms with E-state index in [0.717, 1.165) is 31.6 Å². The summed E-state index contributed by atoms with van der Waals surface area (Å²) in [5.41, 5.74) is 1.11. The van der Waals surface area contributed by atoms with Crippen LogP contribution >= 0.6 is 0 Å². The molecule has 2 unspecified atom stereocenters. The van der Waals surface area contributed by atoms with Gasteiger partial charge in [0, 0.05) is 44.3 Å². The molecule has 106 valence electrons. The molecule has 20 heavy (non-hydrogen) atoms. The van der Waals surface area contributed by atoms with Crippen molar-refractivity contribution in [3.05, 3.63) is 42.7 Å². The lowest BCUT2D eigenvalue weighted by Gasteiger charge is -2.39. The van der Waals surface area contributed by atoms with E-state index in [9.17, 15) is 4.79 Å². The largest absolute Gasteiger partial charge is 0.334 e. The molecule has 0 bridgehead atoms. The summed E-state index contributed by atoms with van der Waals surface area (Å²) in [6, 6.07) is 6.89. The topological polar surface area (TPSA) is 36.4 Å². The number of carbonyl (C=O) groups is 1. The Kier molecular flexibility index (Phi) is 3.83. The van der Waals surface area contributed by atoms with Crippen molar-refractivity contribution >= 4 is 5.91 Å². The van der Waals surface area contributed by atoms with Crippen molar-refractivity contribution in [3.63, 3.8) is 0 Å². The van der Waals surface area contributed by atoms with Crippen molar-refractivity contribution in [2.75, 3.05) is 13.1 Å². The van der Waals surface area contributed by atoms with Crippen molar-refractivity contribution in [3.8, 4) is 0 Å². The number of rotatable bonds is 4. The molecule has 2 saturated heterocycles. The molecule has 3 heterocycles. The third-order valence-corrected chi connectivity index (χ3v) is 4.42. The molecule has 2 aliphatic heterocycles. The molecule has 0 spiro atoms. The Labute approximate surface area is 120 Å². The van der Waals surface area contributed by atoms with Crippen molar-refractivity contribution < 1.29 is 4.79 Å². The highest BCUT2D eigenvalue weighted by atomic mass is 16.2. The molecule has 2 aliphatic rings. The first-order valence-corrected chi connectivity index (χ1v) is 7.34. The maximum atomic E-state index is 12.0. The van der Waals surface area contributed by atoms with Gasteiger partial charge in [-0.3, -0.25) is 14.7 Å². The molecule has 2 atom stereocenters. The lowest BCUT2D eigenvalue weighted by atomic mass is 9.96. The van der Waals surface area contributed by atoms with Crippen LogP contribution in [-0.4, -0.2) is 45.9 Å². The first-order chi connectivity index (χ1) is 9.79. The molecule has 0 saturated carbocycles. The minimum Gasteiger partial charge on any atom is -0.334 e. The number of aromatic nitrogens is 1. The third kappa shape index (κ3) is 2.48. The van der Waals surface area contributed by atoms with E-state index < -0.39 is 0 Å². The Morgan fingerprint density at radius 3 is 3.00 bits per heavy atom. The average Bonchev–Trinajstić information content (AvgIpc) is 2.86. The smallest absolute Gasteiger partial charge is 0.223 e. The fourth-order valence-electron chi connectivity index (χ4n) is 3.51. The van der Waals surface area contributed by atoms with E-state index in [-0.39, 0.29) is 5.91 Å². The summed E-state index contributed by atoms with van der Waals surface area (Å²) in [5, 5.41) is 0. The molecular weight excluding hydrogens is 250 g/mol. The first kappa shape index (κ1) is 13.3. The van der Waals surface area contributed by atoms with E-state index in [2.05, 4.69) is 22.5 Å². The predicted molar refractivity (Wildman–Crippen MR) is 78.0 cm³/mol. The van der Waals surface area contributed by atoms with Crippen LogP contribution in [0.5, 0.6) is 0 Å². The van der Waals surface area contributed by atoms with Crippen molar-refractivity contribution in [2.45, 2.75) is 37.9 Å². The van der Waals surface area contributed by atoms with Crippen LogP contribution in [0.3, 0.4) is 0 Å². The summed E-state index contributed by atoms with van der Waals surface area (Å²) >= 11 is 0. The summed E-state index contributed by atoms with van der Waals surface area (Å²) < 4.78 is 0. The highest BCUT2D eigenvalue weighted by molar-refractivity contribution is 5.78. The number of pyridine rings is 1. The summed E-state index contributed by atoms with van der Waals surface area (Å²) in [7, 11) is 0. The van der Waals surface area contributed by atoms with Gasteiger partial charge in [0.1, 0.15) is 0 Å². The Balaban J connectivity index is 1.71. The molecule has 1 amide bonds. The molecule has 0 radical (unpaired) electrons.